The molecule has 0 aliphatic heterocycles. The third kappa shape index (κ3) is 3.02. The number of thiazole rings is 2. The fraction of sp³-hybridized carbons (Fsp3) is 0.455. The highest BCUT2D eigenvalue weighted by atomic mass is 32.1. The van der Waals surface area contributed by atoms with Crippen LogP contribution >= 0.6 is 22.7 Å². The van der Waals surface area contributed by atoms with Gasteiger partial charge < -0.3 is 10.2 Å². The fourth-order valence-corrected chi connectivity index (χ4v) is 3.11. The lowest BCUT2D eigenvalue weighted by atomic mass is 10.4. The molecule has 92 valence electrons. The van der Waals surface area contributed by atoms with Crippen LogP contribution in [0, 0.1) is 6.92 Å². The Balaban J connectivity index is 2.08. The summed E-state index contributed by atoms with van der Waals surface area (Å²) in [5, 5.41) is 6.29. The molecule has 2 aromatic rings. The van der Waals surface area contributed by atoms with Crippen LogP contribution in [0.1, 0.15) is 16.3 Å². The first-order valence-corrected chi connectivity index (χ1v) is 7.15. The van der Waals surface area contributed by atoms with Gasteiger partial charge in [-0.25, -0.2) is 9.97 Å². The van der Waals surface area contributed by atoms with Crippen molar-refractivity contribution in [3.63, 3.8) is 0 Å². The van der Waals surface area contributed by atoms with Gasteiger partial charge in [0.25, 0.3) is 0 Å². The van der Waals surface area contributed by atoms with Crippen LogP contribution in [-0.2, 0) is 13.1 Å². The SMILES string of the molecule is CNCc1sc(N(C)Cc2cscn2)nc1C. The highest BCUT2D eigenvalue weighted by Gasteiger charge is 2.11. The van der Waals surface area contributed by atoms with Gasteiger partial charge in [0.2, 0.25) is 0 Å². The van der Waals surface area contributed by atoms with E-state index in [2.05, 4.69) is 39.5 Å². The van der Waals surface area contributed by atoms with E-state index in [1.807, 2.05) is 12.6 Å². The van der Waals surface area contributed by atoms with E-state index >= 15 is 0 Å². The number of nitrogens with one attached hydrogen (secondary N) is 1. The molecule has 0 atom stereocenters. The number of hydrogen-bond donors (Lipinski definition) is 1. The Bertz CT molecular complexity index is 464. The predicted molar refractivity (Wildman–Crippen MR) is 73.8 cm³/mol. The molecule has 2 rings (SSSR count). The molecule has 0 bridgehead atoms. The maximum atomic E-state index is 4.59. The quantitative estimate of drug-likeness (QED) is 0.903. The second kappa shape index (κ2) is 5.57. The van der Waals surface area contributed by atoms with Crippen molar-refractivity contribution in [1.82, 2.24) is 15.3 Å². The second-order valence-corrected chi connectivity index (χ2v) is 5.65. The van der Waals surface area contributed by atoms with Gasteiger partial charge in [0.05, 0.1) is 23.4 Å². The number of aryl methyl sites for hydroxylation is 1. The van der Waals surface area contributed by atoms with Crippen molar-refractivity contribution in [2.24, 2.45) is 0 Å². The molecule has 4 nitrogen and oxygen atoms in total. The van der Waals surface area contributed by atoms with Gasteiger partial charge in [-0.3, -0.25) is 0 Å². The van der Waals surface area contributed by atoms with Crippen LogP contribution in [0.5, 0.6) is 0 Å². The van der Waals surface area contributed by atoms with E-state index in [1.54, 1.807) is 22.7 Å². The number of hydrogen-bond acceptors (Lipinski definition) is 6. The molecule has 0 fully saturated rings. The maximum Gasteiger partial charge on any atom is 0.185 e. The number of rotatable bonds is 5. The minimum absolute atomic E-state index is 0.815. The standard InChI is InChI=1S/C11H16N4S2/c1-8-10(4-12-2)17-11(14-8)15(3)5-9-6-16-7-13-9/h6-7,12H,4-5H2,1-3H3. The molecule has 0 amide bonds. The summed E-state index contributed by atoms with van der Waals surface area (Å²) in [5.74, 6) is 0. The summed E-state index contributed by atoms with van der Waals surface area (Å²) in [6.45, 7) is 3.76. The van der Waals surface area contributed by atoms with Gasteiger partial charge in [-0.05, 0) is 14.0 Å². The normalized spacial score (nSPS) is 10.8. The topological polar surface area (TPSA) is 41.0 Å². The zero-order chi connectivity index (χ0) is 12.3. The molecule has 0 spiro atoms. The Morgan fingerprint density at radius 2 is 2.29 bits per heavy atom. The monoisotopic (exact) mass is 268 g/mol. The largest absolute Gasteiger partial charge is 0.345 e. The maximum absolute atomic E-state index is 4.59. The Morgan fingerprint density at radius 3 is 2.94 bits per heavy atom. The van der Waals surface area contributed by atoms with Crippen LogP contribution in [0.4, 0.5) is 5.13 Å². The number of anilines is 1. The first kappa shape index (κ1) is 12.5. The van der Waals surface area contributed by atoms with Crippen LogP contribution in [-0.4, -0.2) is 24.1 Å². The zero-order valence-electron chi connectivity index (χ0n) is 10.2. The molecule has 0 aliphatic carbocycles. The molecule has 1 N–H and O–H groups in total. The first-order valence-electron chi connectivity index (χ1n) is 5.40. The van der Waals surface area contributed by atoms with E-state index in [9.17, 15) is 0 Å². The lowest BCUT2D eigenvalue weighted by Gasteiger charge is -2.13. The highest BCUT2D eigenvalue weighted by molar-refractivity contribution is 7.15. The second-order valence-electron chi connectivity index (χ2n) is 3.87. The Hall–Kier alpha value is -0.980. The van der Waals surface area contributed by atoms with E-state index in [4.69, 9.17) is 0 Å². The van der Waals surface area contributed by atoms with Crippen molar-refractivity contribution in [3.8, 4) is 0 Å². The molecule has 0 saturated carbocycles. The van der Waals surface area contributed by atoms with Gasteiger partial charge in [-0.1, -0.05) is 0 Å². The van der Waals surface area contributed by atoms with Gasteiger partial charge in [0, 0.05) is 23.8 Å². The molecular weight excluding hydrogens is 252 g/mol. The summed E-state index contributed by atoms with van der Waals surface area (Å²) < 4.78 is 0. The van der Waals surface area contributed by atoms with E-state index in [0.29, 0.717) is 0 Å². The predicted octanol–water partition coefficient (Wildman–Crippen LogP) is 2.26. The van der Waals surface area contributed by atoms with Crippen molar-refractivity contribution in [2.75, 3.05) is 19.0 Å². The van der Waals surface area contributed by atoms with Crippen LogP contribution in [0.25, 0.3) is 0 Å². The minimum Gasteiger partial charge on any atom is -0.345 e. The molecule has 6 heteroatoms. The minimum atomic E-state index is 0.815. The Labute approximate surface area is 109 Å². The summed E-state index contributed by atoms with van der Waals surface area (Å²) in [6, 6.07) is 0. The van der Waals surface area contributed by atoms with Gasteiger partial charge in [0.1, 0.15) is 0 Å². The van der Waals surface area contributed by atoms with E-state index in [-0.39, 0.29) is 0 Å². The average Bonchev–Trinajstić information content (AvgIpc) is 2.90. The van der Waals surface area contributed by atoms with E-state index < -0.39 is 0 Å². The van der Waals surface area contributed by atoms with Crippen molar-refractivity contribution >= 4 is 27.8 Å². The van der Waals surface area contributed by atoms with Gasteiger partial charge in [-0.15, -0.1) is 22.7 Å². The molecule has 0 aromatic carbocycles. The fourth-order valence-electron chi connectivity index (χ4n) is 1.53. The molecule has 0 saturated heterocycles. The van der Waals surface area contributed by atoms with Crippen LogP contribution < -0.4 is 10.2 Å². The molecule has 2 aromatic heterocycles. The van der Waals surface area contributed by atoms with E-state index in [1.165, 1.54) is 4.88 Å². The van der Waals surface area contributed by atoms with Crippen LogP contribution in [0.3, 0.4) is 0 Å². The lowest BCUT2D eigenvalue weighted by molar-refractivity contribution is 0.822. The van der Waals surface area contributed by atoms with Gasteiger partial charge in [0.15, 0.2) is 5.13 Å². The molecule has 0 radical (unpaired) electrons. The molecule has 0 unspecified atom stereocenters. The van der Waals surface area contributed by atoms with Crippen LogP contribution in [0.2, 0.25) is 0 Å². The third-order valence-corrected chi connectivity index (χ3v) is 4.33. The molecular formula is C11H16N4S2. The van der Waals surface area contributed by atoms with Crippen molar-refractivity contribution in [1.29, 1.82) is 0 Å². The molecule has 0 aliphatic rings. The number of aromatic nitrogens is 2. The summed E-state index contributed by atoms with van der Waals surface area (Å²) in [6.07, 6.45) is 0. The van der Waals surface area contributed by atoms with Crippen molar-refractivity contribution in [3.05, 3.63) is 27.2 Å². The Morgan fingerprint density at radius 1 is 1.47 bits per heavy atom. The third-order valence-electron chi connectivity index (χ3n) is 2.43. The van der Waals surface area contributed by atoms with Gasteiger partial charge in [-0.2, -0.15) is 0 Å². The van der Waals surface area contributed by atoms with Gasteiger partial charge >= 0.3 is 0 Å². The highest BCUT2D eigenvalue weighted by Crippen LogP contribution is 2.26. The summed E-state index contributed by atoms with van der Waals surface area (Å²) >= 11 is 3.37. The molecule has 2 heterocycles. The smallest absolute Gasteiger partial charge is 0.185 e. The average molecular weight is 268 g/mol. The zero-order valence-corrected chi connectivity index (χ0v) is 11.9. The Kier molecular flexibility index (Phi) is 4.09. The summed E-state index contributed by atoms with van der Waals surface area (Å²) in [4.78, 5) is 12.3. The first-order chi connectivity index (χ1) is 8.20. The van der Waals surface area contributed by atoms with Crippen molar-refractivity contribution in [2.45, 2.75) is 20.0 Å². The summed E-state index contributed by atoms with van der Waals surface area (Å²) in [5.41, 5.74) is 4.08. The van der Waals surface area contributed by atoms with Crippen LogP contribution in [0.15, 0.2) is 10.9 Å². The number of nitrogens with zero attached hydrogens (tertiary/aromatic N) is 3. The van der Waals surface area contributed by atoms with Crippen molar-refractivity contribution < 1.29 is 0 Å². The molecule has 17 heavy (non-hydrogen) atoms. The lowest BCUT2D eigenvalue weighted by Crippen LogP contribution is -2.16. The van der Waals surface area contributed by atoms with E-state index in [0.717, 1.165) is 29.6 Å². The summed E-state index contributed by atoms with van der Waals surface area (Å²) in [7, 11) is 4.01.